The average Bonchev–Trinajstić information content (AvgIpc) is 4.08. The van der Waals surface area contributed by atoms with E-state index in [0.717, 1.165) is 94.6 Å². The number of rotatable bonds is 6. The van der Waals surface area contributed by atoms with Crippen molar-refractivity contribution in [2.45, 2.75) is 0 Å². The molecular formula is C50H30N6O2. The number of hydrogen-bond donors (Lipinski definition) is 0. The molecule has 0 amide bonds. The molecule has 58 heavy (non-hydrogen) atoms. The molecule has 12 aromatic rings. The molecule has 5 heterocycles. The number of oxazole rings is 2. The van der Waals surface area contributed by atoms with Crippen LogP contribution in [-0.4, -0.2) is 29.1 Å². The van der Waals surface area contributed by atoms with E-state index in [9.17, 15) is 0 Å². The van der Waals surface area contributed by atoms with Gasteiger partial charge in [0.1, 0.15) is 22.7 Å². The molecule has 0 N–H and O–H groups in total. The Bertz CT molecular complexity index is 3310. The molecule has 8 nitrogen and oxygen atoms in total. The average molecular weight is 747 g/mol. The summed E-state index contributed by atoms with van der Waals surface area (Å²) in [6, 6.07) is 59.8. The first-order valence-electron chi connectivity index (χ1n) is 19.1. The number of hydrogen-bond acceptors (Lipinski definition) is 6. The van der Waals surface area contributed by atoms with Crippen LogP contribution < -0.4 is 0 Å². The van der Waals surface area contributed by atoms with E-state index in [1.54, 1.807) is 0 Å². The van der Waals surface area contributed by atoms with Crippen LogP contribution in [0.4, 0.5) is 0 Å². The van der Waals surface area contributed by atoms with Crippen LogP contribution >= 0.6 is 0 Å². The molecule has 0 aliphatic carbocycles. The van der Waals surface area contributed by atoms with Gasteiger partial charge in [-0.05, 0) is 108 Å². The predicted molar refractivity (Wildman–Crippen MR) is 230 cm³/mol. The lowest BCUT2D eigenvalue weighted by molar-refractivity contribution is 0.619. The molecule has 0 unspecified atom stereocenters. The third-order valence-electron chi connectivity index (χ3n) is 10.9. The van der Waals surface area contributed by atoms with Crippen molar-refractivity contribution in [1.29, 1.82) is 0 Å². The number of pyridine rings is 1. The summed E-state index contributed by atoms with van der Waals surface area (Å²) in [6.45, 7) is 0. The third kappa shape index (κ3) is 5.16. The normalized spacial score (nSPS) is 11.8. The molecule has 0 radical (unpaired) electrons. The van der Waals surface area contributed by atoms with Gasteiger partial charge in [-0.1, -0.05) is 78.9 Å². The molecule has 12 rings (SSSR count). The molecule has 0 saturated carbocycles. The lowest BCUT2D eigenvalue weighted by atomic mass is 10.1. The zero-order valence-electron chi connectivity index (χ0n) is 30.8. The van der Waals surface area contributed by atoms with Crippen LogP contribution in [0, 0.1) is 0 Å². The zero-order valence-corrected chi connectivity index (χ0v) is 30.8. The summed E-state index contributed by atoms with van der Waals surface area (Å²) in [5.74, 6) is 2.74. The molecule has 0 bridgehead atoms. The molecule has 0 aliphatic heterocycles. The summed E-state index contributed by atoms with van der Waals surface area (Å²) in [5.41, 5.74) is 13.1. The van der Waals surface area contributed by atoms with Crippen molar-refractivity contribution in [2.24, 2.45) is 0 Å². The maximum Gasteiger partial charge on any atom is 0.227 e. The molecular weight excluding hydrogens is 717 g/mol. The number of nitrogens with zero attached hydrogens (tertiary/aromatic N) is 6. The van der Waals surface area contributed by atoms with Crippen LogP contribution in [0.15, 0.2) is 191 Å². The van der Waals surface area contributed by atoms with E-state index < -0.39 is 0 Å². The van der Waals surface area contributed by atoms with Crippen LogP contribution in [-0.2, 0) is 0 Å². The molecule has 272 valence electrons. The molecule has 5 aromatic heterocycles. The van der Waals surface area contributed by atoms with Gasteiger partial charge in [0.2, 0.25) is 11.8 Å². The van der Waals surface area contributed by atoms with Crippen LogP contribution in [0.5, 0.6) is 0 Å². The van der Waals surface area contributed by atoms with Gasteiger partial charge in [-0.15, -0.1) is 0 Å². The SMILES string of the molecule is c1ccc(-c2ccc(-n3c(-c4ccc(-n5c6ccc(-c7nc8ccccc8o7)cc6c6cc(-c7nc8ccccc8o7)ccc65)nc4)nc4ccccc43)cc2)cc1. The van der Waals surface area contributed by atoms with E-state index in [4.69, 9.17) is 28.8 Å². The fourth-order valence-corrected chi connectivity index (χ4v) is 8.09. The lowest BCUT2D eigenvalue weighted by Crippen LogP contribution is -2.00. The van der Waals surface area contributed by atoms with E-state index in [1.165, 1.54) is 5.56 Å². The van der Waals surface area contributed by atoms with E-state index in [-0.39, 0.29) is 0 Å². The standard InChI is InChI=1S/C50H30N6O2/c1-2-10-31(11-3-1)32-18-23-36(24-19-32)55-44-15-7-4-12-39(44)52-48(55)35-22-27-47(51-30-35)56-42-25-20-33(49-53-40-13-5-8-16-45(40)57-49)28-37(42)38-29-34(21-26-43(38)56)50-54-41-14-6-9-17-46(41)58-50/h1-30H. The highest BCUT2D eigenvalue weighted by Crippen LogP contribution is 2.38. The Morgan fingerprint density at radius 2 is 0.914 bits per heavy atom. The van der Waals surface area contributed by atoms with Gasteiger partial charge < -0.3 is 8.83 Å². The van der Waals surface area contributed by atoms with Gasteiger partial charge in [0.05, 0.1) is 22.1 Å². The summed E-state index contributed by atoms with van der Waals surface area (Å²) in [6.07, 6.45) is 1.92. The monoisotopic (exact) mass is 746 g/mol. The molecule has 0 fully saturated rings. The first-order chi connectivity index (χ1) is 28.7. The molecule has 8 heteroatoms. The number of imidazole rings is 1. The van der Waals surface area contributed by atoms with E-state index in [0.29, 0.717) is 11.8 Å². The lowest BCUT2D eigenvalue weighted by Gasteiger charge is -2.12. The topological polar surface area (TPSA) is 87.7 Å². The second-order valence-electron chi connectivity index (χ2n) is 14.4. The van der Waals surface area contributed by atoms with Gasteiger partial charge in [-0.25, -0.2) is 19.9 Å². The minimum atomic E-state index is 0.569. The highest BCUT2D eigenvalue weighted by Gasteiger charge is 2.20. The van der Waals surface area contributed by atoms with Gasteiger partial charge in [0, 0.05) is 39.3 Å². The summed E-state index contributed by atoms with van der Waals surface area (Å²) >= 11 is 0. The predicted octanol–water partition coefficient (Wildman–Crippen LogP) is 12.5. The van der Waals surface area contributed by atoms with Gasteiger partial charge in [-0.3, -0.25) is 9.13 Å². The van der Waals surface area contributed by atoms with Crippen molar-refractivity contribution in [3.63, 3.8) is 0 Å². The highest BCUT2D eigenvalue weighted by molar-refractivity contribution is 6.11. The van der Waals surface area contributed by atoms with Gasteiger partial charge in [0.15, 0.2) is 11.2 Å². The van der Waals surface area contributed by atoms with E-state index in [2.05, 4.69) is 124 Å². The van der Waals surface area contributed by atoms with Crippen molar-refractivity contribution >= 4 is 55.0 Å². The summed E-state index contributed by atoms with van der Waals surface area (Å²) in [5, 5.41) is 2.05. The van der Waals surface area contributed by atoms with Gasteiger partial charge in [-0.2, -0.15) is 0 Å². The Hall–Kier alpha value is -8.10. The van der Waals surface area contributed by atoms with Crippen molar-refractivity contribution in [3.8, 4) is 56.9 Å². The second kappa shape index (κ2) is 12.7. The summed E-state index contributed by atoms with van der Waals surface area (Å²) in [4.78, 5) is 19.9. The van der Waals surface area contributed by atoms with Crippen molar-refractivity contribution in [3.05, 3.63) is 182 Å². The fraction of sp³-hybridized carbons (Fsp3) is 0. The van der Waals surface area contributed by atoms with Gasteiger partial charge in [0.25, 0.3) is 0 Å². The van der Waals surface area contributed by atoms with Crippen LogP contribution in [0.3, 0.4) is 0 Å². The molecule has 0 atom stereocenters. The third-order valence-corrected chi connectivity index (χ3v) is 10.9. The minimum absolute atomic E-state index is 0.569. The minimum Gasteiger partial charge on any atom is -0.436 e. The number of fused-ring (bicyclic) bond motifs is 6. The Kier molecular flexibility index (Phi) is 7.06. The fourth-order valence-electron chi connectivity index (χ4n) is 8.09. The number of para-hydroxylation sites is 6. The van der Waals surface area contributed by atoms with Crippen LogP contribution in [0.2, 0.25) is 0 Å². The summed E-state index contributed by atoms with van der Waals surface area (Å²) in [7, 11) is 0. The Labute approximate surface area is 330 Å². The summed E-state index contributed by atoms with van der Waals surface area (Å²) < 4.78 is 16.8. The van der Waals surface area contributed by atoms with E-state index in [1.807, 2.05) is 66.9 Å². The number of benzene rings is 7. The Morgan fingerprint density at radius 3 is 1.52 bits per heavy atom. The Morgan fingerprint density at radius 1 is 0.379 bits per heavy atom. The van der Waals surface area contributed by atoms with Gasteiger partial charge >= 0.3 is 0 Å². The Balaban J connectivity index is 0.994. The maximum absolute atomic E-state index is 6.21. The zero-order chi connectivity index (χ0) is 38.2. The molecule has 0 saturated heterocycles. The van der Waals surface area contributed by atoms with Crippen molar-refractivity contribution in [1.82, 2.24) is 29.1 Å². The van der Waals surface area contributed by atoms with Crippen molar-refractivity contribution < 1.29 is 8.83 Å². The maximum atomic E-state index is 6.21. The smallest absolute Gasteiger partial charge is 0.227 e. The second-order valence-corrected chi connectivity index (χ2v) is 14.4. The number of aromatic nitrogens is 6. The van der Waals surface area contributed by atoms with Crippen LogP contribution in [0.1, 0.15) is 0 Å². The molecule has 7 aromatic carbocycles. The first kappa shape index (κ1) is 32.2. The van der Waals surface area contributed by atoms with E-state index >= 15 is 0 Å². The first-order valence-corrected chi connectivity index (χ1v) is 19.1. The quantitative estimate of drug-likeness (QED) is 0.168. The largest absolute Gasteiger partial charge is 0.436 e. The molecule has 0 aliphatic rings. The molecule has 0 spiro atoms. The van der Waals surface area contributed by atoms with Crippen molar-refractivity contribution in [2.75, 3.05) is 0 Å². The van der Waals surface area contributed by atoms with Crippen LogP contribution in [0.25, 0.3) is 112 Å². The highest BCUT2D eigenvalue weighted by atomic mass is 16.4.